The van der Waals surface area contributed by atoms with Gasteiger partial charge in [0.1, 0.15) is 11.6 Å². The maximum Gasteiger partial charge on any atom is 0.195 e. The molecule has 1 fully saturated rings. The molecular formula is C23H27FN6. The summed E-state index contributed by atoms with van der Waals surface area (Å²) in [6.07, 6.45) is 1.83. The number of nitrogens with zero attached hydrogens (tertiary/aromatic N) is 4. The quantitative estimate of drug-likeness (QED) is 0.502. The summed E-state index contributed by atoms with van der Waals surface area (Å²) < 4.78 is 13.9. The first-order valence-electron chi connectivity index (χ1n) is 10.3. The standard InChI is InChI=1S/C23H27FN6/c1-15(2)21-14-29(22-13-26-19-8-4-5-9-20(19)27-22)11-12-30(21)23(25)28-18-10-6-7-17(24)16(18)3/h4-10,13,15,21H,11-12,14H2,1-3H3,(H2,25,28). The van der Waals surface area contributed by atoms with E-state index in [0.29, 0.717) is 29.7 Å². The fraction of sp³-hybridized carbons (Fsp3) is 0.348. The summed E-state index contributed by atoms with van der Waals surface area (Å²) >= 11 is 0. The van der Waals surface area contributed by atoms with Gasteiger partial charge in [0.25, 0.3) is 0 Å². The van der Waals surface area contributed by atoms with E-state index in [1.54, 1.807) is 19.1 Å². The van der Waals surface area contributed by atoms with Gasteiger partial charge in [0.05, 0.1) is 23.3 Å². The predicted molar refractivity (Wildman–Crippen MR) is 120 cm³/mol. The number of halogens is 1. The Morgan fingerprint density at radius 3 is 2.67 bits per heavy atom. The normalized spacial score (nSPS) is 16.9. The highest BCUT2D eigenvalue weighted by Crippen LogP contribution is 2.24. The molecule has 30 heavy (non-hydrogen) atoms. The van der Waals surface area contributed by atoms with E-state index in [4.69, 9.17) is 10.4 Å². The van der Waals surface area contributed by atoms with Gasteiger partial charge in [-0.3, -0.25) is 10.4 Å². The van der Waals surface area contributed by atoms with Gasteiger partial charge in [-0.15, -0.1) is 0 Å². The van der Waals surface area contributed by atoms with Gasteiger partial charge in [-0.05, 0) is 37.1 Å². The van der Waals surface area contributed by atoms with Crippen LogP contribution in [0, 0.1) is 24.1 Å². The van der Waals surface area contributed by atoms with Crippen LogP contribution in [0.2, 0.25) is 0 Å². The van der Waals surface area contributed by atoms with Gasteiger partial charge in [0.2, 0.25) is 0 Å². The van der Waals surface area contributed by atoms with Gasteiger partial charge in [0, 0.05) is 30.9 Å². The van der Waals surface area contributed by atoms with Crippen molar-refractivity contribution in [3.05, 3.63) is 60.0 Å². The van der Waals surface area contributed by atoms with Gasteiger partial charge in [-0.1, -0.05) is 32.0 Å². The lowest BCUT2D eigenvalue weighted by atomic mass is 9.99. The van der Waals surface area contributed by atoms with Crippen molar-refractivity contribution in [3.8, 4) is 0 Å². The Kier molecular flexibility index (Phi) is 5.53. The number of aromatic nitrogens is 2. The monoisotopic (exact) mass is 406 g/mol. The van der Waals surface area contributed by atoms with Gasteiger partial charge in [0.15, 0.2) is 5.96 Å². The zero-order valence-corrected chi connectivity index (χ0v) is 17.6. The molecule has 1 aliphatic rings. The van der Waals surface area contributed by atoms with Crippen molar-refractivity contribution in [1.29, 1.82) is 5.41 Å². The lowest BCUT2D eigenvalue weighted by molar-refractivity contribution is 0.222. The summed E-state index contributed by atoms with van der Waals surface area (Å²) in [6, 6.07) is 12.9. The summed E-state index contributed by atoms with van der Waals surface area (Å²) in [7, 11) is 0. The van der Waals surface area contributed by atoms with Crippen molar-refractivity contribution in [3.63, 3.8) is 0 Å². The van der Waals surface area contributed by atoms with Crippen molar-refractivity contribution < 1.29 is 4.39 Å². The van der Waals surface area contributed by atoms with Crippen molar-refractivity contribution in [1.82, 2.24) is 14.9 Å². The third-order valence-electron chi connectivity index (χ3n) is 5.76. The molecule has 3 aromatic rings. The number of hydrogen-bond acceptors (Lipinski definition) is 4. The SMILES string of the molecule is Cc1c(F)cccc1NC(=N)N1CCN(c2cnc3ccccc3n2)CC1C(C)C. The first kappa shape index (κ1) is 20.1. The molecule has 156 valence electrons. The molecule has 2 aromatic carbocycles. The number of piperazine rings is 1. The van der Waals surface area contributed by atoms with Crippen LogP contribution >= 0.6 is 0 Å². The highest BCUT2D eigenvalue weighted by atomic mass is 19.1. The van der Waals surface area contributed by atoms with Crippen LogP contribution in [-0.4, -0.2) is 46.5 Å². The topological polar surface area (TPSA) is 68.1 Å². The first-order valence-corrected chi connectivity index (χ1v) is 10.3. The lowest BCUT2D eigenvalue weighted by Crippen LogP contribution is -2.58. The Morgan fingerprint density at radius 2 is 1.90 bits per heavy atom. The maximum absolute atomic E-state index is 13.9. The van der Waals surface area contributed by atoms with Crippen LogP contribution in [-0.2, 0) is 0 Å². The van der Waals surface area contributed by atoms with Gasteiger partial charge in [-0.2, -0.15) is 0 Å². The number of nitrogens with one attached hydrogen (secondary N) is 2. The van der Waals surface area contributed by atoms with Crippen LogP contribution < -0.4 is 10.2 Å². The second-order valence-electron chi connectivity index (χ2n) is 8.05. The maximum atomic E-state index is 13.9. The molecule has 6 nitrogen and oxygen atoms in total. The zero-order valence-electron chi connectivity index (χ0n) is 17.6. The molecule has 0 aliphatic carbocycles. The summed E-state index contributed by atoms with van der Waals surface area (Å²) in [5.74, 6) is 1.22. The molecular weight excluding hydrogens is 379 g/mol. The summed E-state index contributed by atoms with van der Waals surface area (Å²) in [6.45, 7) is 8.21. The molecule has 0 radical (unpaired) electrons. The number of guanidine groups is 1. The molecule has 0 spiro atoms. The highest BCUT2D eigenvalue weighted by Gasteiger charge is 2.32. The molecule has 7 heteroatoms. The fourth-order valence-electron chi connectivity index (χ4n) is 3.91. The van der Waals surface area contributed by atoms with E-state index >= 15 is 0 Å². The van der Waals surface area contributed by atoms with E-state index in [2.05, 4.69) is 33.9 Å². The minimum absolute atomic E-state index is 0.126. The number of para-hydroxylation sites is 2. The molecule has 1 saturated heterocycles. The van der Waals surface area contributed by atoms with E-state index in [9.17, 15) is 4.39 Å². The molecule has 2 N–H and O–H groups in total. The molecule has 1 aliphatic heterocycles. The van der Waals surface area contributed by atoms with Crippen LogP contribution in [0.4, 0.5) is 15.9 Å². The molecule has 2 heterocycles. The van der Waals surface area contributed by atoms with Gasteiger partial charge < -0.3 is 15.1 Å². The number of fused-ring (bicyclic) bond motifs is 1. The Labute approximate surface area is 176 Å². The van der Waals surface area contributed by atoms with Crippen LogP contribution in [0.15, 0.2) is 48.7 Å². The molecule has 1 unspecified atom stereocenters. The van der Waals surface area contributed by atoms with E-state index < -0.39 is 0 Å². The molecule has 1 atom stereocenters. The van der Waals surface area contributed by atoms with Crippen LogP contribution in [0.5, 0.6) is 0 Å². The average molecular weight is 407 g/mol. The van der Waals surface area contributed by atoms with Crippen molar-refractivity contribution in [2.24, 2.45) is 5.92 Å². The smallest absolute Gasteiger partial charge is 0.195 e. The van der Waals surface area contributed by atoms with E-state index in [-0.39, 0.29) is 11.9 Å². The van der Waals surface area contributed by atoms with Gasteiger partial charge >= 0.3 is 0 Å². The third kappa shape index (κ3) is 3.92. The average Bonchev–Trinajstić information content (AvgIpc) is 2.76. The minimum Gasteiger partial charge on any atom is -0.351 e. The Bertz CT molecular complexity index is 1070. The van der Waals surface area contributed by atoms with Crippen molar-refractivity contribution >= 4 is 28.5 Å². The van der Waals surface area contributed by atoms with Crippen LogP contribution in [0.25, 0.3) is 11.0 Å². The number of rotatable bonds is 3. The highest BCUT2D eigenvalue weighted by molar-refractivity contribution is 5.92. The molecule has 0 amide bonds. The van der Waals surface area contributed by atoms with E-state index in [1.807, 2.05) is 30.5 Å². The Hall–Kier alpha value is -3.22. The predicted octanol–water partition coefficient (Wildman–Crippen LogP) is 4.27. The van der Waals surface area contributed by atoms with Crippen LogP contribution in [0.1, 0.15) is 19.4 Å². The molecule has 4 rings (SSSR count). The fourth-order valence-corrected chi connectivity index (χ4v) is 3.91. The largest absolute Gasteiger partial charge is 0.351 e. The van der Waals surface area contributed by atoms with Crippen LogP contribution in [0.3, 0.4) is 0 Å². The number of benzene rings is 2. The summed E-state index contributed by atoms with van der Waals surface area (Å²) in [5.41, 5.74) is 2.92. The summed E-state index contributed by atoms with van der Waals surface area (Å²) in [5, 5.41) is 11.7. The minimum atomic E-state index is -0.270. The molecule has 0 saturated carbocycles. The third-order valence-corrected chi connectivity index (χ3v) is 5.76. The molecule has 1 aromatic heterocycles. The van der Waals surface area contributed by atoms with Gasteiger partial charge in [-0.25, -0.2) is 9.37 Å². The Morgan fingerprint density at radius 1 is 1.13 bits per heavy atom. The lowest BCUT2D eigenvalue weighted by Gasteiger charge is -2.44. The second kappa shape index (κ2) is 8.26. The Balaban J connectivity index is 1.52. The van der Waals surface area contributed by atoms with E-state index in [1.165, 1.54) is 6.07 Å². The van der Waals surface area contributed by atoms with E-state index in [0.717, 1.165) is 29.9 Å². The van der Waals surface area contributed by atoms with Crippen molar-refractivity contribution in [2.45, 2.75) is 26.8 Å². The second-order valence-corrected chi connectivity index (χ2v) is 8.05. The summed E-state index contributed by atoms with van der Waals surface area (Å²) in [4.78, 5) is 13.6. The first-order chi connectivity index (χ1) is 14.4. The number of hydrogen-bond donors (Lipinski definition) is 2. The zero-order chi connectivity index (χ0) is 21.3. The number of anilines is 2. The molecule has 0 bridgehead atoms. The van der Waals surface area contributed by atoms with Crippen molar-refractivity contribution in [2.75, 3.05) is 29.9 Å².